The molecule has 0 saturated carbocycles. The Hall–Kier alpha value is -2.70. The van der Waals surface area contributed by atoms with E-state index in [0.29, 0.717) is 23.0 Å². The van der Waals surface area contributed by atoms with Crippen LogP contribution in [-0.2, 0) is 6.42 Å². The third-order valence-corrected chi connectivity index (χ3v) is 6.01. The number of halogens is 1. The van der Waals surface area contributed by atoms with Crippen molar-refractivity contribution in [2.75, 3.05) is 6.54 Å². The first kappa shape index (κ1) is 18.7. The average molecular weight is 411 g/mol. The Labute approximate surface area is 172 Å². The molecule has 2 aromatic heterocycles. The molecule has 0 unspecified atom stereocenters. The van der Waals surface area contributed by atoms with E-state index in [0.717, 1.165) is 28.2 Å². The summed E-state index contributed by atoms with van der Waals surface area (Å²) in [7, 11) is 0. The number of hydrogen-bond donors (Lipinski definition) is 1. The van der Waals surface area contributed by atoms with Gasteiger partial charge in [-0.1, -0.05) is 40.6 Å². The molecular formula is C21H19ClN4OS. The Morgan fingerprint density at radius 1 is 1.11 bits per heavy atom. The molecule has 0 saturated heterocycles. The Morgan fingerprint density at radius 2 is 1.82 bits per heavy atom. The fourth-order valence-corrected chi connectivity index (χ4v) is 4.12. The number of hydrogen-bond acceptors (Lipinski definition) is 4. The molecule has 2 aromatic carbocycles. The summed E-state index contributed by atoms with van der Waals surface area (Å²) in [5.41, 5.74) is 3.81. The molecule has 1 N–H and O–H groups in total. The lowest BCUT2D eigenvalue weighted by Gasteiger charge is -2.05. The number of aromatic nitrogens is 3. The quantitative estimate of drug-likeness (QED) is 0.518. The summed E-state index contributed by atoms with van der Waals surface area (Å²) in [4.78, 5) is 18.9. The van der Waals surface area contributed by atoms with E-state index in [1.54, 1.807) is 11.3 Å². The van der Waals surface area contributed by atoms with Gasteiger partial charge < -0.3 is 5.32 Å². The fourth-order valence-electron chi connectivity index (χ4n) is 2.93. The molecular weight excluding hydrogens is 392 g/mol. The highest BCUT2D eigenvalue weighted by Gasteiger charge is 2.14. The van der Waals surface area contributed by atoms with E-state index in [2.05, 4.69) is 15.4 Å². The second-order valence-electron chi connectivity index (χ2n) is 6.62. The van der Waals surface area contributed by atoms with E-state index in [4.69, 9.17) is 11.6 Å². The lowest BCUT2D eigenvalue weighted by molar-refractivity contribution is 0.0954. The molecule has 1 amide bonds. The number of thiazole rings is 1. The second-order valence-corrected chi connectivity index (χ2v) is 8.12. The van der Waals surface area contributed by atoms with E-state index in [1.165, 1.54) is 4.88 Å². The number of amides is 1. The largest absolute Gasteiger partial charge is 0.352 e. The van der Waals surface area contributed by atoms with E-state index in [9.17, 15) is 4.79 Å². The van der Waals surface area contributed by atoms with Gasteiger partial charge >= 0.3 is 0 Å². The lowest BCUT2D eigenvalue weighted by Crippen LogP contribution is -2.25. The normalized spacial score (nSPS) is 11.1. The van der Waals surface area contributed by atoms with Crippen LogP contribution in [0.2, 0.25) is 5.02 Å². The molecule has 28 heavy (non-hydrogen) atoms. The van der Waals surface area contributed by atoms with Crippen LogP contribution in [0, 0.1) is 13.8 Å². The molecule has 0 fully saturated rings. The molecule has 0 aliphatic heterocycles. The summed E-state index contributed by atoms with van der Waals surface area (Å²) in [6.07, 6.45) is 0.745. The molecule has 5 nitrogen and oxygen atoms in total. The van der Waals surface area contributed by atoms with Crippen LogP contribution in [0.4, 0.5) is 0 Å². The summed E-state index contributed by atoms with van der Waals surface area (Å²) >= 11 is 7.55. The van der Waals surface area contributed by atoms with Gasteiger partial charge in [0.25, 0.3) is 5.91 Å². The van der Waals surface area contributed by atoms with Gasteiger partial charge in [0.1, 0.15) is 0 Å². The summed E-state index contributed by atoms with van der Waals surface area (Å²) in [6, 6.07) is 15.1. The Balaban J connectivity index is 1.44. The molecule has 0 bridgehead atoms. The molecule has 0 atom stereocenters. The highest BCUT2D eigenvalue weighted by atomic mass is 35.5. The molecule has 4 aromatic rings. The summed E-state index contributed by atoms with van der Waals surface area (Å²) in [5.74, 6) is 0.632. The van der Waals surface area contributed by atoms with E-state index < -0.39 is 0 Å². The fraction of sp³-hybridized carbons (Fsp3) is 0.190. The van der Waals surface area contributed by atoms with Crippen LogP contribution >= 0.6 is 22.9 Å². The van der Waals surface area contributed by atoms with Gasteiger partial charge in [0.2, 0.25) is 4.96 Å². The van der Waals surface area contributed by atoms with Crippen LogP contribution in [0.1, 0.15) is 26.5 Å². The molecule has 7 heteroatoms. The molecule has 142 valence electrons. The minimum absolute atomic E-state index is 0.0536. The van der Waals surface area contributed by atoms with Crippen LogP contribution in [-0.4, -0.2) is 27.0 Å². The van der Waals surface area contributed by atoms with Gasteiger partial charge in [-0.2, -0.15) is 4.98 Å². The zero-order valence-corrected chi connectivity index (χ0v) is 17.1. The Morgan fingerprint density at radius 3 is 2.50 bits per heavy atom. The topological polar surface area (TPSA) is 59.3 Å². The van der Waals surface area contributed by atoms with Gasteiger partial charge in [0.05, 0.1) is 5.69 Å². The van der Waals surface area contributed by atoms with Crippen molar-refractivity contribution in [2.45, 2.75) is 20.3 Å². The average Bonchev–Trinajstić information content (AvgIpc) is 3.23. The van der Waals surface area contributed by atoms with Crippen LogP contribution in [0.25, 0.3) is 16.3 Å². The van der Waals surface area contributed by atoms with Gasteiger partial charge in [0, 0.05) is 34.0 Å². The maximum Gasteiger partial charge on any atom is 0.251 e. The van der Waals surface area contributed by atoms with Gasteiger partial charge in [-0.3, -0.25) is 4.79 Å². The molecule has 0 aliphatic rings. The lowest BCUT2D eigenvalue weighted by atomic mass is 10.1. The smallest absolute Gasteiger partial charge is 0.251 e. The third-order valence-electron chi connectivity index (χ3n) is 4.57. The predicted molar refractivity (Wildman–Crippen MR) is 113 cm³/mol. The van der Waals surface area contributed by atoms with Gasteiger partial charge in [-0.15, -0.1) is 5.10 Å². The van der Waals surface area contributed by atoms with Crippen molar-refractivity contribution in [3.8, 4) is 11.4 Å². The Kier molecular flexibility index (Phi) is 5.15. The number of nitrogens with one attached hydrogen (secondary N) is 1. The first-order valence-corrected chi connectivity index (χ1v) is 10.2. The molecule has 0 aliphatic carbocycles. The highest BCUT2D eigenvalue weighted by molar-refractivity contribution is 7.17. The first-order chi connectivity index (χ1) is 13.5. The summed E-state index contributed by atoms with van der Waals surface area (Å²) in [5, 5.41) is 8.29. The number of carbonyl (C=O) groups excluding carboxylic acids is 1. The molecule has 0 radical (unpaired) electrons. The number of rotatable bonds is 5. The predicted octanol–water partition coefficient (Wildman–Crippen LogP) is 4.70. The van der Waals surface area contributed by atoms with E-state index in [-0.39, 0.29) is 5.91 Å². The minimum atomic E-state index is -0.0536. The number of benzene rings is 2. The Bertz CT molecular complexity index is 1130. The van der Waals surface area contributed by atoms with Crippen LogP contribution in [0.3, 0.4) is 0 Å². The monoisotopic (exact) mass is 410 g/mol. The van der Waals surface area contributed by atoms with Crippen molar-refractivity contribution in [2.24, 2.45) is 0 Å². The number of aryl methyl sites for hydroxylation is 2. The maximum absolute atomic E-state index is 12.2. The van der Waals surface area contributed by atoms with E-state index >= 15 is 0 Å². The van der Waals surface area contributed by atoms with Gasteiger partial charge in [-0.05, 0) is 50.2 Å². The number of fused-ring (bicyclic) bond motifs is 1. The van der Waals surface area contributed by atoms with Crippen molar-refractivity contribution in [3.63, 3.8) is 0 Å². The van der Waals surface area contributed by atoms with Crippen molar-refractivity contribution >= 4 is 33.8 Å². The van der Waals surface area contributed by atoms with Crippen LogP contribution in [0.15, 0.2) is 48.5 Å². The second kappa shape index (κ2) is 7.73. The first-order valence-electron chi connectivity index (χ1n) is 8.97. The number of nitrogens with zero attached hydrogens (tertiary/aromatic N) is 3. The molecule has 2 heterocycles. The minimum Gasteiger partial charge on any atom is -0.352 e. The SMILES string of the molecule is Cc1ccc(C(=O)NCCc2sc3nc(-c4ccc(Cl)cc4)nn3c2C)cc1. The molecule has 4 rings (SSSR count). The van der Waals surface area contributed by atoms with Gasteiger partial charge in [-0.25, -0.2) is 4.52 Å². The van der Waals surface area contributed by atoms with E-state index in [1.807, 2.05) is 66.9 Å². The zero-order valence-electron chi connectivity index (χ0n) is 15.6. The van der Waals surface area contributed by atoms with Gasteiger partial charge in [0.15, 0.2) is 5.82 Å². The van der Waals surface area contributed by atoms with Crippen molar-refractivity contribution < 1.29 is 4.79 Å². The van der Waals surface area contributed by atoms with Crippen LogP contribution in [0.5, 0.6) is 0 Å². The highest BCUT2D eigenvalue weighted by Crippen LogP contribution is 2.25. The zero-order chi connectivity index (χ0) is 19.7. The molecule has 0 spiro atoms. The third kappa shape index (κ3) is 3.79. The van der Waals surface area contributed by atoms with Crippen molar-refractivity contribution in [3.05, 3.63) is 75.3 Å². The van der Waals surface area contributed by atoms with Crippen molar-refractivity contribution in [1.82, 2.24) is 19.9 Å². The standard InChI is InChI=1S/C21H19ClN4OS/c1-13-3-5-16(6-4-13)20(27)23-12-11-18-14(2)26-21(28-18)24-19(25-26)15-7-9-17(22)10-8-15/h3-10H,11-12H2,1-2H3,(H,23,27). The van der Waals surface area contributed by atoms with Crippen molar-refractivity contribution in [1.29, 1.82) is 0 Å². The summed E-state index contributed by atoms with van der Waals surface area (Å²) in [6.45, 7) is 4.60. The maximum atomic E-state index is 12.2. The summed E-state index contributed by atoms with van der Waals surface area (Å²) < 4.78 is 1.87. The van der Waals surface area contributed by atoms with Crippen LogP contribution < -0.4 is 5.32 Å². The number of carbonyl (C=O) groups is 1.